The molecule has 6 heterocycles. The van der Waals surface area contributed by atoms with Crippen LogP contribution >= 0.6 is 23.7 Å². The maximum atomic E-state index is 7.06. The van der Waals surface area contributed by atoms with Crippen LogP contribution in [0, 0.1) is 0 Å². The van der Waals surface area contributed by atoms with E-state index in [2.05, 4.69) is 36.7 Å². The molecule has 2 saturated heterocycles. The van der Waals surface area contributed by atoms with Gasteiger partial charge in [0.1, 0.15) is 17.7 Å². The number of aromatic nitrogens is 2. The summed E-state index contributed by atoms with van der Waals surface area (Å²) >= 11 is 3.38. The summed E-state index contributed by atoms with van der Waals surface area (Å²) in [6, 6.07) is 0. The average molecular weight is 591 g/mol. The van der Waals surface area contributed by atoms with Gasteiger partial charge >= 0.3 is 0 Å². The zero-order valence-corrected chi connectivity index (χ0v) is 24.5. The third kappa shape index (κ3) is 6.59. The number of oxime groups is 1. The second-order valence-corrected chi connectivity index (χ2v) is 11.6. The molecule has 0 unspecified atom stereocenters. The summed E-state index contributed by atoms with van der Waals surface area (Å²) in [6.07, 6.45) is 27.5. The first-order valence-corrected chi connectivity index (χ1v) is 16.0. The minimum atomic E-state index is 0.574. The molecule has 10 nitrogen and oxygen atoms in total. The molecular formula is C29H34N8O2S2. The Morgan fingerprint density at radius 3 is 2.54 bits per heavy atom. The second-order valence-electron chi connectivity index (χ2n) is 9.74. The van der Waals surface area contributed by atoms with Crippen LogP contribution in [0.5, 0.6) is 0 Å². The number of allylic oxidation sites excluding steroid dienone is 9. The SMILES string of the molecule is C1=CC=C(c2on(N3CCCCCC3)n(N3CCSCC3)cc(C3=NSC=CC=C3)c2C2=NOC=CC=C2)NN=C1. The molecule has 0 spiro atoms. The van der Waals surface area contributed by atoms with Gasteiger partial charge in [0.25, 0.3) is 0 Å². The highest BCUT2D eigenvalue weighted by Crippen LogP contribution is 2.27. The van der Waals surface area contributed by atoms with Crippen LogP contribution in [0.25, 0.3) is 5.70 Å². The number of hydrogen-bond acceptors (Lipinski definition) is 10. The number of rotatable bonds is 5. The highest BCUT2D eigenvalue weighted by molar-refractivity contribution is 8.01. The molecule has 1 aromatic rings. The van der Waals surface area contributed by atoms with Crippen LogP contribution in [0.4, 0.5) is 0 Å². The summed E-state index contributed by atoms with van der Waals surface area (Å²) in [5, 5.41) is 15.5. The first-order chi connectivity index (χ1) is 20.4. The summed E-state index contributed by atoms with van der Waals surface area (Å²) in [4.78, 5) is 9.63. The van der Waals surface area contributed by atoms with Gasteiger partial charge in [0.2, 0.25) is 0 Å². The molecule has 2 fully saturated rings. The standard InChI is InChI=1S/C29H34N8O2S2/c1-2-8-16-35(15-7-1)37-36(34-17-21-40-22-18-34)23-24(25-11-5-10-20-41-33-25)28(26-12-4-9-19-38-32-26)29(39-37)27-13-3-6-14-30-31-27/h3-6,9-14,19-20,23,31H,1-2,7-8,15-18,21-22H2. The fourth-order valence-corrected chi connectivity index (χ4v) is 6.37. The second kappa shape index (κ2) is 13.7. The Kier molecular flexibility index (Phi) is 9.18. The fourth-order valence-electron chi connectivity index (χ4n) is 4.99. The third-order valence-corrected chi connectivity index (χ3v) is 8.52. The zero-order chi connectivity index (χ0) is 27.7. The number of nitrogens with zero attached hydrogens (tertiary/aromatic N) is 7. The smallest absolute Gasteiger partial charge is 0.194 e. The lowest BCUT2D eigenvalue weighted by Crippen LogP contribution is -2.50. The Bertz CT molecular complexity index is 1420. The van der Waals surface area contributed by atoms with Gasteiger partial charge in [-0.3, -0.25) is 15.4 Å². The minimum Gasteiger partial charge on any atom is -0.364 e. The van der Waals surface area contributed by atoms with Gasteiger partial charge in [-0.1, -0.05) is 42.3 Å². The van der Waals surface area contributed by atoms with E-state index in [1.54, 1.807) is 12.5 Å². The van der Waals surface area contributed by atoms with Gasteiger partial charge in [0, 0.05) is 61.4 Å². The molecule has 214 valence electrons. The predicted molar refractivity (Wildman–Crippen MR) is 171 cm³/mol. The van der Waals surface area contributed by atoms with E-state index >= 15 is 0 Å². The summed E-state index contributed by atoms with van der Waals surface area (Å²) in [6.45, 7) is 3.58. The molecule has 1 aromatic heterocycles. The highest BCUT2D eigenvalue weighted by Gasteiger charge is 2.27. The van der Waals surface area contributed by atoms with Crippen molar-refractivity contribution < 1.29 is 9.36 Å². The molecule has 0 bridgehead atoms. The van der Waals surface area contributed by atoms with Gasteiger partial charge in [-0.25, -0.2) is 4.40 Å². The monoisotopic (exact) mass is 590 g/mol. The lowest BCUT2D eigenvalue weighted by atomic mass is 9.98. The van der Waals surface area contributed by atoms with Crippen LogP contribution in [0.2, 0.25) is 0 Å². The summed E-state index contributed by atoms with van der Waals surface area (Å²) in [7, 11) is 0. The van der Waals surface area contributed by atoms with Crippen LogP contribution in [0.15, 0.2) is 91.7 Å². The Balaban J connectivity index is 1.69. The Hall–Kier alpha value is -3.77. The normalized spacial score (nSPS) is 20.6. The summed E-state index contributed by atoms with van der Waals surface area (Å²) in [5.74, 6) is 2.66. The van der Waals surface area contributed by atoms with Gasteiger partial charge in [-0.2, -0.15) is 21.7 Å². The first-order valence-electron chi connectivity index (χ1n) is 14.0. The topological polar surface area (TPSA) is 87.8 Å². The van der Waals surface area contributed by atoms with Crippen LogP contribution in [-0.4, -0.2) is 65.1 Å². The number of hydrogen-bond donors (Lipinski definition) is 1. The van der Waals surface area contributed by atoms with Crippen molar-refractivity contribution >= 4 is 47.0 Å². The van der Waals surface area contributed by atoms with Gasteiger partial charge in [-0.05, 0) is 53.6 Å². The van der Waals surface area contributed by atoms with Crippen molar-refractivity contribution in [2.45, 2.75) is 25.7 Å². The van der Waals surface area contributed by atoms with Gasteiger partial charge in [-0.15, -0.1) is 0 Å². The summed E-state index contributed by atoms with van der Waals surface area (Å²) in [5.41, 5.74) is 6.91. The Morgan fingerprint density at radius 2 is 1.66 bits per heavy atom. The third-order valence-electron chi connectivity index (χ3n) is 7.00. The van der Waals surface area contributed by atoms with Crippen molar-refractivity contribution in [3.05, 3.63) is 89.4 Å². The van der Waals surface area contributed by atoms with Crippen LogP contribution in [0.3, 0.4) is 0 Å². The molecule has 0 amide bonds. The largest absolute Gasteiger partial charge is 0.364 e. The molecule has 5 aliphatic heterocycles. The zero-order valence-electron chi connectivity index (χ0n) is 22.8. The van der Waals surface area contributed by atoms with Crippen molar-refractivity contribution in [2.24, 2.45) is 14.7 Å². The molecular weight excluding hydrogens is 557 g/mol. The van der Waals surface area contributed by atoms with E-state index in [9.17, 15) is 0 Å². The van der Waals surface area contributed by atoms with Crippen LogP contribution in [-0.2, 0) is 4.84 Å². The van der Waals surface area contributed by atoms with E-state index in [0.29, 0.717) is 17.2 Å². The highest BCUT2D eigenvalue weighted by atomic mass is 32.2. The van der Waals surface area contributed by atoms with E-state index in [0.717, 1.165) is 67.4 Å². The molecule has 41 heavy (non-hydrogen) atoms. The quantitative estimate of drug-likeness (QED) is 0.482. The maximum absolute atomic E-state index is 7.06. The van der Waals surface area contributed by atoms with Crippen molar-refractivity contribution in [2.75, 3.05) is 47.7 Å². The Labute approximate surface area is 248 Å². The Morgan fingerprint density at radius 1 is 0.829 bits per heavy atom. The van der Waals surface area contributed by atoms with E-state index in [1.807, 2.05) is 76.8 Å². The molecule has 5 aliphatic rings. The average Bonchev–Trinajstić information content (AvgIpc) is 3.65. The number of thioether (sulfide) groups is 1. The van der Waals surface area contributed by atoms with Crippen LogP contribution < -0.4 is 15.4 Å². The lowest BCUT2D eigenvalue weighted by Gasteiger charge is -2.34. The fraction of sp³-hybridized carbons (Fsp3) is 0.345. The minimum absolute atomic E-state index is 0.574. The van der Waals surface area contributed by atoms with E-state index in [4.69, 9.17) is 13.8 Å². The van der Waals surface area contributed by atoms with Gasteiger partial charge < -0.3 is 9.36 Å². The summed E-state index contributed by atoms with van der Waals surface area (Å²) < 4.78 is 11.9. The molecule has 0 saturated carbocycles. The number of nitrogens with one attached hydrogen (secondary N) is 1. The van der Waals surface area contributed by atoms with Crippen molar-refractivity contribution in [1.29, 1.82) is 0 Å². The van der Waals surface area contributed by atoms with Gasteiger partial charge in [0.15, 0.2) is 5.76 Å². The van der Waals surface area contributed by atoms with E-state index < -0.39 is 0 Å². The molecule has 0 aromatic carbocycles. The molecule has 1 N–H and O–H groups in total. The van der Waals surface area contributed by atoms with Crippen molar-refractivity contribution in [3.63, 3.8) is 0 Å². The molecule has 12 heteroatoms. The van der Waals surface area contributed by atoms with Crippen molar-refractivity contribution in [1.82, 2.24) is 15.2 Å². The molecule has 0 radical (unpaired) electrons. The first kappa shape index (κ1) is 27.4. The molecule has 0 atom stereocenters. The van der Waals surface area contributed by atoms with E-state index in [1.165, 1.54) is 24.8 Å². The molecule has 0 aliphatic carbocycles. The van der Waals surface area contributed by atoms with Crippen LogP contribution in [0.1, 0.15) is 42.6 Å². The lowest BCUT2D eigenvalue weighted by molar-refractivity contribution is 0.148. The number of hydrazone groups is 1. The van der Waals surface area contributed by atoms with E-state index in [-0.39, 0.29) is 0 Å². The predicted octanol–water partition coefficient (Wildman–Crippen LogP) is 5.01. The van der Waals surface area contributed by atoms with Crippen molar-refractivity contribution in [3.8, 4) is 0 Å². The molecule has 6 rings (SSSR count). The maximum Gasteiger partial charge on any atom is 0.194 e. The van der Waals surface area contributed by atoms with Gasteiger partial charge in [0.05, 0.1) is 17.5 Å².